The number of rotatable bonds is 3. The van der Waals surface area contributed by atoms with Gasteiger partial charge in [-0.25, -0.2) is 0 Å². The summed E-state index contributed by atoms with van der Waals surface area (Å²) in [4.78, 5) is 0. The molecule has 0 aliphatic carbocycles. The van der Waals surface area contributed by atoms with Crippen LogP contribution in [0.4, 0.5) is 5.69 Å². The Morgan fingerprint density at radius 1 is 1.50 bits per heavy atom. The first-order chi connectivity index (χ1) is 5.77. The standard InChI is InChI=1S/C11H15N/c1-4-10-8-9(3)6-7-11(10)12-5-2/h5-8,12H,2,4H2,1,3H3. The summed E-state index contributed by atoms with van der Waals surface area (Å²) in [5, 5.41) is 3.12. The highest BCUT2D eigenvalue weighted by molar-refractivity contribution is 5.54. The van der Waals surface area contributed by atoms with Crippen LogP contribution in [0.25, 0.3) is 0 Å². The Balaban J connectivity index is 3.01. The van der Waals surface area contributed by atoms with Gasteiger partial charge in [-0.2, -0.15) is 0 Å². The van der Waals surface area contributed by atoms with Crippen LogP contribution in [0.3, 0.4) is 0 Å². The molecule has 0 aliphatic heterocycles. The number of anilines is 1. The number of hydrogen-bond acceptors (Lipinski definition) is 1. The van der Waals surface area contributed by atoms with Crippen LogP contribution in [-0.2, 0) is 6.42 Å². The van der Waals surface area contributed by atoms with E-state index in [0.29, 0.717) is 0 Å². The maximum absolute atomic E-state index is 3.64. The zero-order valence-corrected chi connectivity index (χ0v) is 7.72. The molecule has 1 aromatic rings. The summed E-state index contributed by atoms with van der Waals surface area (Å²) in [6, 6.07) is 6.40. The second-order valence-electron chi connectivity index (χ2n) is 2.86. The van der Waals surface area contributed by atoms with E-state index in [4.69, 9.17) is 0 Å². The van der Waals surface area contributed by atoms with Crippen molar-refractivity contribution in [2.75, 3.05) is 5.32 Å². The summed E-state index contributed by atoms with van der Waals surface area (Å²) in [5.41, 5.74) is 3.81. The van der Waals surface area contributed by atoms with Gasteiger partial charge in [-0.1, -0.05) is 31.2 Å². The third-order valence-electron chi connectivity index (χ3n) is 1.90. The first-order valence-corrected chi connectivity index (χ1v) is 4.25. The molecule has 0 spiro atoms. The van der Waals surface area contributed by atoms with Crippen LogP contribution in [-0.4, -0.2) is 0 Å². The molecule has 1 aromatic carbocycles. The lowest BCUT2D eigenvalue weighted by molar-refractivity contribution is 1.13. The van der Waals surface area contributed by atoms with E-state index < -0.39 is 0 Å². The molecule has 64 valence electrons. The summed E-state index contributed by atoms with van der Waals surface area (Å²) in [6.45, 7) is 7.91. The molecular formula is C11H15N. The van der Waals surface area contributed by atoms with Crippen molar-refractivity contribution >= 4 is 5.69 Å². The largest absolute Gasteiger partial charge is 0.362 e. The van der Waals surface area contributed by atoms with Crippen LogP contribution >= 0.6 is 0 Å². The van der Waals surface area contributed by atoms with Crippen molar-refractivity contribution in [2.24, 2.45) is 0 Å². The lowest BCUT2D eigenvalue weighted by atomic mass is 10.1. The van der Waals surface area contributed by atoms with Crippen LogP contribution < -0.4 is 5.32 Å². The molecule has 0 unspecified atom stereocenters. The Kier molecular flexibility index (Phi) is 2.92. The highest BCUT2D eigenvalue weighted by atomic mass is 14.8. The lowest BCUT2D eigenvalue weighted by Gasteiger charge is -2.07. The molecule has 1 N–H and O–H groups in total. The molecule has 0 saturated heterocycles. The Morgan fingerprint density at radius 3 is 2.83 bits per heavy atom. The molecule has 0 heterocycles. The van der Waals surface area contributed by atoms with E-state index >= 15 is 0 Å². The second kappa shape index (κ2) is 3.96. The third kappa shape index (κ3) is 1.88. The minimum atomic E-state index is 1.05. The fourth-order valence-corrected chi connectivity index (χ4v) is 1.27. The van der Waals surface area contributed by atoms with Crippen molar-refractivity contribution < 1.29 is 0 Å². The van der Waals surface area contributed by atoms with Gasteiger partial charge < -0.3 is 5.32 Å². The highest BCUT2D eigenvalue weighted by Crippen LogP contribution is 2.17. The molecule has 0 amide bonds. The molecule has 0 atom stereocenters. The molecule has 0 aromatic heterocycles. The van der Waals surface area contributed by atoms with Crippen molar-refractivity contribution in [2.45, 2.75) is 20.3 Å². The Hall–Kier alpha value is -1.24. The molecule has 0 fully saturated rings. The maximum Gasteiger partial charge on any atom is 0.0412 e. The van der Waals surface area contributed by atoms with Crippen LogP contribution in [0.15, 0.2) is 31.0 Å². The van der Waals surface area contributed by atoms with Crippen LogP contribution in [0.5, 0.6) is 0 Å². The first-order valence-electron chi connectivity index (χ1n) is 4.25. The van der Waals surface area contributed by atoms with E-state index in [1.807, 2.05) is 0 Å². The predicted octanol–water partition coefficient (Wildman–Crippen LogP) is 3.11. The van der Waals surface area contributed by atoms with Gasteiger partial charge in [0.1, 0.15) is 0 Å². The quantitative estimate of drug-likeness (QED) is 0.718. The topological polar surface area (TPSA) is 12.0 Å². The van der Waals surface area contributed by atoms with Crippen LogP contribution in [0.1, 0.15) is 18.1 Å². The van der Waals surface area contributed by atoms with E-state index in [2.05, 4.69) is 43.9 Å². The fourth-order valence-electron chi connectivity index (χ4n) is 1.27. The Bertz CT molecular complexity index is 276. The average molecular weight is 161 g/mol. The smallest absolute Gasteiger partial charge is 0.0412 e. The second-order valence-corrected chi connectivity index (χ2v) is 2.86. The summed E-state index contributed by atoms with van der Waals surface area (Å²) in [6.07, 6.45) is 2.77. The Morgan fingerprint density at radius 2 is 2.25 bits per heavy atom. The van der Waals surface area contributed by atoms with Gasteiger partial charge in [-0.15, -0.1) is 0 Å². The van der Waals surface area contributed by atoms with Gasteiger partial charge in [-0.3, -0.25) is 0 Å². The summed E-state index contributed by atoms with van der Waals surface area (Å²) in [7, 11) is 0. The molecule has 1 heteroatoms. The monoisotopic (exact) mass is 161 g/mol. The number of hydrogen-bond donors (Lipinski definition) is 1. The maximum atomic E-state index is 3.64. The van der Waals surface area contributed by atoms with E-state index in [1.54, 1.807) is 6.20 Å². The summed E-state index contributed by atoms with van der Waals surface area (Å²) >= 11 is 0. The summed E-state index contributed by atoms with van der Waals surface area (Å²) < 4.78 is 0. The number of benzene rings is 1. The molecular weight excluding hydrogens is 146 g/mol. The van der Waals surface area contributed by atoms with E-state index in [1.165, 1.54) is 11.1 Å². The number of aryl methyl sites for hydroxylation is 2. The molecule has 1 rings (SSSR count). The molecule has 12 heavy (non-hydrogen) atoms. The minimum absolute atomic E-state index is 1.05. The zero-order valence-electron chi connectivity index (χ0n) is 7.72. The van der Waals surface area contributed by atoms with Crippen molar-refractivity contribution in [3.8, 4) is 0 Å². The molecule has 1 nitrogen and oxygen atoms in total. The summed E-state index contributed by atoms with van der Waals surface area (Å²) in [5.74, 6) is 0. The van der Waals surface area contributed by atoms with Crippen LogP contribution in [0.2, 0.25) is 0 Å². The van der Waals surface area contributed by atoms with Gasteiger partial charge in [0.2, 0.25) is 0 Å². The van der Waals surface area contributed by atoms with Gasteiger partial charge in [0.05, 0.1) is 0 Å². The molecule has 0 radical (unpaired) electrons. The van der Waals surface area contributed by atoms with E-state index in [0.717, 1.165) is 12.1 Å². The lowest BCUT2D eigenvalue weighted by Crippen LogP contribution is -1.93. The zero-order chi connectivity index (χ0) is 8.97. The van der Waals surface area contributed by atoms with Gasteiger partial charge in [-0.05, 0) is 31.2 Å². The molecule has 0 bridgehead atoms. The molecule has 0 aliphatic rings. The Labute approximate surface area is 74.1 Å². The number of nitrogens with one attached hydrogen (secondary N) is 1. The average Bonchev–Trinajstić information content (AvgIpc) is 2.08. The highest BCUT2D eigenvalue weighted by Gasteiger charge is 1.97. The third-order valence-corrected chi connectivity index (χ3v) is 1.90. The first kappa shape index (κ1) is 8.85. The molecule has 0 saturated carbocycles. The van der Waals surface area contributed by atoms with Crippen molar-refractivity contribution in [3.05, 3.63) is 42.1 Å². The minimum Gasteiger partial charge on any atom is -0.362 e. The van der Waals surface area contributed by atoms with Crippen molar-refractivity contribution in [3.63, 3.8) is 0 Å². The fraction of sp³-hybridized carbons (Fsp3) is 0.273. The van der Waals surface area contributed by atoms with E-state index in [9.17, 15) is 0 Å². The van der Waals surface area contributed by atoms with Gasteiger partial charge in [0.15, 0.2) is 0 Å². The van der Waals surface area contributed by atoms with Crippen molar-refractivity contribution in [1.29, 1.82) is 0 Å². The van der Waals surface area contributed by atoms with Gasteiger partial charge >= 0.3 is 0 Å². The van der Waals surface area contributed by atoms with Crippen molar-refractivity contribution in [1.82, 2.24) is 0 Å². The van der Waals surface area contributed by atoms with Crippen LogP contribution in [0, 0.1) is 6.92 Å². The van der Waals surface area contributed by atoms with E-state index in [-0.39, 0.29) is 0 Å². The predicted molar refractivity (Wildman–Crippen MR) is 54.4 cm³/mol. The SMILES string of the molecule is C=CNc1ccc(C)cc1CC. The van der Waals surface area contributed by atoms with Gasteiger partial charge in [0, 0.05) is 5.69 Å². The van der Waals surface area contributed by atoms with Gasteiger partial charge in [0.25, 0.3) is 0 Å². The normalized spacial score (nSPS) is 9.50.